The lowest BCUT2D eigenvalue weighted by molar-refractivity contribution is -0.161. The number of piperazine rings is 1. The van der Waals surface area contributed by atoms with E-state index in [1.54, 1.807) is 0 Å². The molecule has 0 radical (unpaired) electrons. The van der Waals surface area contributed by atoms with Gasteiger partial charge in [-0.25, -0.2) is 4.68 Å². The molecule has 184 valence electrons. The van der Waals surface area contributed by atoms with E-state index in [1.165, 1.54) is 11.1 Å². The van der Waals surface area contributed by atoms with Crippen molar-refractivity contribution in [1.29, 1.82) is 0 Å². The highest BCUT2D eigenvalue weighted by Gasteiger charge is 2.53. The largest absolute Gasteiger partial charge is 0.342 e. The van der Waals surface area contributed by atoms with Crippen molar-refractivity contribution < 1.29 is 9.59 Å². The van der Waals surface area contributed by atoms with Crippen molar-refractivity contribution in [3.8, 4) is 5.69 Å². The van der Waals surface area contributed by atoms with Gasteiger partial charge in [0.05, 0.1) is 11.4 Å². The van der Waals surface area contributed by atoms with Crippen molar-refractivity contribution in [2.45, 2.75) is 78.9 Å². The van der Waals surface area contributed by atoms with Gasteiger partial charge in [-0.2, -0.15) is 5.10 Å². The van der Waals surface area contributed by atoms with Gasteiger partial charge in [-0.3, -0.25) is 14.5 Å². The van der Waals surface area contributed by atoms with Crippen LogP contribution in [0.5, 0.6) is 0 Å². The highest BCUT2D eigenvalue weighted by Crippen LogP contribution is 2.34. The average molecular weight is 466 g/mol. The Hall–Kier alpha value is -2.67. The lowest BCUT2D eigenvalue weighted by Gasteiger charge is -2.51. The van der Waals surface area contributed by atoms with E-state index in [2.05, 4.69) is 69.1 Å². The third-order valence-electron chi connectivity index (χ3n) is 7.62. The number of benzene rings is 1. The molecular formula is C27H39N5O2. The summed E-state index contributed by atoms with van der Waals surface area (Å²) in [7, 11) is 0. The molecule has 7 nitrogen and oxygen atoms in total. The Morgan fingerprint density at radius 1 is 1.09 bits per heavy atom. The second kappa shape index (κ2) is 9.53. The number of carbonyl (C=O) groups excluding carboxylic acids is 2. The van der Waals surface area contributed by atoms with E-state index in [-0.39, 0.29) is 11.8 Å². The topological polar surface area (TPSA) is 70.5 Å². The minimum Gasteiger partial charge on any atom is -0.342 e. The third-order valence-corrected chi connectivity index (χ3v) is 7.62. The van der Waals surface area contributed by atoms with E-state index in [4.69, 9.17) is 5.10 Å². The van der Waals surface area contributed by atoms with E-state index >= 15 is 0 Å². The summed E-state index contributed by atoms with van der Waals surface area (Å²) in [5, 5.41) is 7.88. The number of likely N-dealkylation sites (N-methyl/N-ethyl adjacent to an activating group) is 1. The molecule has 34 heavy (non-hydrogen) atoms. The van der Waals surface area contributed by atoms with Gasteiger partial charge < -0.3 is 10.2 Å². The lowest BCUT2D eigenvalue weighted by atomic mass is 9.81. The molecule has 1 aromatic heterocycles. The molecule has 0 bridgehead atoms. The van der Waals surface area contributed by atoms with Crippen LogP contribution in [0, 0.1) is 26.7 Å². The van der Waals surface area contributed by atoms with Crippen LogP contribution in [0.3, 0.4) is 0 Å². The summed E-state index contributed by atoms with van der Waals surface area (Å²) in [6.45, 7) is 15.4. The van der Waals surface area contributed by atoms with Gasteiger partial charge in [-0.05, 0) is 65.0 Å². The number of aryl methyl sites for hydroxylation is 2. The molecule has 1 unspecified atom stereocenters. The van der Waals surface area contributed by atoms with Gasteiger partial charge in [0, 0.05) is 37.4 Å². The van der Waals surface area contributed by atoms with Crippen LogP contribution in [-0.2, 0) is 16.1 Å². The minimum absolute atomic E-state index is 0.0267. The first-order chi connectivity index (χ1) is 16.2. The fourth-order valence-electron chi connectivity index (χ4n) is 5.61. The van der Waals surface area contributed by atoms with Crippen LogP contribution in [0.2, 0.25) is 0 Å². The lowest BCUT2D eigenvalue weighted by Crippen LogP contribution is -2.72. The van der Waals surface area contributed by atoms with E-state index in [1.807, 2.05) is 16.5 Å². The Morgan fingerprint density at radius 3 is 2.32 bits per heavy atom. The number of piperidine rings is 1. The van der Waals surface area contributed by atoms with Gasteiger partial charge in [-0.15, -0.1) is 0 Å². The predicted octanol–water partition coefficient (Wildman–Crippen LogP) is 3.53. The van der Waals surface area contributed by atoms with Gasteiger partial charge >= 0.3 is 0 Å². The summed E-state index contributed by atoms with van der Waals surface area (Å²) < 4.78 is 2.02. The predicted molar refractivity (Wildman–Crippen MR) is 134 cm³/mol. The van der Waals surface area contributed by atoms with Crippen LogP contribution in [0.25, 0.3) is 5.69 Å². The molecule has 2 aliphatic heterocycles. The van der Waals surface area contributed by atoms with Gasteiger partial charge in [0.2, 0.25) is 11.8 Å². The van der Waals surface area contributed by atoms with Crippen LogP contribution < -0.4 is 5.32 Å². The zero-order valence-electron chi connectivity index (χ0n) is 21.5. The zero-order chi connectivity index (χ0) is 24.6. The molecule has 2 amide bonds. The molecule has 1 spiro atoms. The van der Waals surface area contributed by atoms with Crippen molar-refractivity contribution in [1.82, 2.24) is 24.9 Å². The summed E-state index contributed by atoms with van der Waals surface area (Å²) in [5.74, 6) is 0.463. The first-order valence-electron chi connectivity index (χ1n) is 12.6. The SMILES string of the molecule is CCN1C(=O)C(CC(C)C)NC(=O)C12CCN(Cc1c(C)nn(-c3ccc(C)cc3)c1C)CC2. The number of nitrogens with zero attached hydrogens (tertiary/aromatic N) is 4. The molecule has 4 rings (SSSR count). The standard InChI is InChI=1S/C27H39N5O2/c1-7-31-25(33)24(16-18(2)3)28-26(34)27(31)12-14-30(15-13-27)17-23-20(5)29-32(21(23)6)22-10-8-19(4)9-11-22/h8-11,18,24H,7,12-17H2,1-6H3,(H,28,34). The van der Waals surface area contributed by atoms with E-state index < -0.39 is 11.6 Å². The summed E-state index contributed by atoms with van der Waals surface area (Å²) in [5.41, 5.74) is 5.02. The Balaban J connectivity index is 1.48. The second-order valence-corrected chi connectivity index (χ2v) is 10.4. The van der Waals surface area contributed by atoms with Gasteiger partial charge in [0.15, 0.2) is 0 Å². The van der Waals surface area contributed by atoms with Crippen molar-refractivity contribution in [2.75, 3.05) is 19.6 Å². The molecule has 2 aromatic rings. The molecule has 0 saturated carbocycles. The number of nitrogens with one attached hydrogen (secondary N) is 1. The fourth-order valence-corrected chi connectivity index (χ4v) is 5.61. The molecule has 1 atom stereocenters. The summed E-state index contributed by atoms with van der Waals surface area (Å²) in [6, 6.07) is 8.03. The number of hydrogen-bond acceptors (Lipinski definition) is 4. The maximum atomic E-state index is 13.3. The Bertz CT molecular complexity index is 1050. The Morgan fingerprint density at radius 2 is 1.74 bits per heavy atom. The highest BCUT2D eigenvalue weighted by molar-refractivity contribution is 6.00. The number of amides is 2. The third kappa shape index (κ3) is 4.38. The molecule has 1 aromatic carbocycles. The minimum atomic E-state index is -0.716. The second-order valence-electron chi connectivity index (χ2n) is 10.4. The molecule has 1 N–H and O–H groups in total. The maximum absolute atomic E-state index is 13.3. The van der Waals surface area contributed by atoms with Crippen molar-refractivity contribution in [3.63, 3.8) is 0 Å². The summed E-state index contributed by atoms with van der Waals surface area (Å²) in [6.07, 6.45) is 2.01. The highest BCUT2D eigenvalue weighted by atomic mass is 16.2. The molecule has 2 aliphatic rings. The molecule has 2 saturated heterocycles. The summed E-state index contributed by atoms with van der Waals surface area (Å²) in [4.78, 5) is 30.8. The maximum Gasteiger partial charge on any atom is 0.246 e. The van der Waals surface area contributed by atoms with Crippen LogP contribution in [0.4, 0.5) is 0 Å². The Kier molecular flexibility index (Phi) is 6.85. The van der Waals surface area contributed by atoms with Gasteiger partial charge in [0.1, 0.15) is 11.6 Å². The number of likely N-dealkylation sites (tertiary alicyclic amines) is 1. The van der Waals surface area contributed by atoms with Crippen LogP contribution >= 0.6 is 0 Å². The van der Waals surface area contributed by atoms with Crippen LogP contribution in [-0.4, -0.2) is 62.6 Å². The number of hydrogen-bond donors (Lipinski definition) is 1. The smallest absolute Gasteiger partial charge is 0.246 e. The molecule has 2 fully saturated rings. The molecule has 7 heteroatoms. The number of carbonyl (C=O) groups is 2. The van der Waals surface area contributed by atoms with Crippen molar-refractivity contribution >= 4 is 11.8 Å². The van der Waals surface area contributed by atoms with E-state index in [0.717, 1.165) is 36.7 Å². The number of rotatable bonds is 6. The first-order valence-corrected chi connectivity index (χ1v) is 12.6. The van der Waals surface area contributed by atoms with Crippen LogP contribution in [0.1, 0.15) is 62.5 Å². The quantitative estimate of drug-likeness (QED) is 0.709. The molecule has 3 heterocycles. The average Bonchev–Trinajstić information content (AvgIpc) is 3.07. The zero-order valence-corrected chi connectivity index (χ0v) is 21.5. The normalized spacial score (nSPS) is 20.9. The monoisotopic (exact) mass is 465 g/mol. The molecule has 0 aliphatic carbocycles. The number of aromatic nitrogens is 2. The van der Waals surface area contributed by atoms with Gasteiger partial charge in [0.25, 0.3) is 0 Å². The van der Waals surface area contributed by atoms with Crippen molar-refractivity contribution in [2.24, 2.45) is 5.92 Å². The van der Waals surface area contributed by atoms with E-state index in [0.29, 0.717) is 31.7 Å². The molecular weight excluding hydrogens is 426 g/mol. The summed E-state index contributed by atoms with van der Waals surface area (Å²) >= 11 is 0. The first kappa shape index (κ1) is 24.5. The van der Waals surface area contributed by atoms with Crippen molar-refractivity contribution in [3.05, 3.63) is 46.8 Å². The van der Waals surface area contributed by atoms with Gasteiger partial charge in [-0.1, -0.05) is 31.5 Å². The fraction of sp³-hybridized carbons (Fsp3) is 0.593. The Labute approximate surface area is 203 Å². The van der Waals surface area contributed by atoms with Crippen LogP contribution in [0.15, 0.2) is 24.3 Å². The van der Waals surface area contributed by atoms with E-state index in [9.17, 15) is 9.59 Å².